The molecule has 3 aromatic rings. The zero-order valence-corrected chi connectivity index (χ0v) is 15.3. The number of H-pyrrole nitrogens is 1. The first-order chi connectivity index (χ1) is 11.0. The van der Waals surface area contributed by atoms with Crippen LogP contribution in [0.3, 0.4) is 0 Å². The van der Waals surface area contributed by atoms with Crippen LogP contribution in [-0.4, -0.2) is 22.2 Å². The number of aromatic amines is 1. The maximum atomic E-state index is 11.6. The summed E-state index contributed by atoms with van der Waals surface area (Å²) in [6.45, 7) is 0. The molecule has 4 nitrogen and oxygen atoms in total. The van der Waals surface area contributed by atoms with Crippen LogP contribution in [0.4, 0.5) is 0 Å². The van der Waals surface area contributed by atoms with Crippen molar-refractivity contribution in [3.63, 3.8) is 0 Å². The smallest absolute Gasteiger partial charge is 0.216 e. The lowest BCUT2D eigenvalue weighted by Gasteiger charge is -2.10. The first-order valence-electron chi connectivity index (χ1n) is 6.71. The monoisotopic (exact) mass is 410 g/mol. The van der Waals surface area contributed by atoms with Gasteiger partial charge in [-0.15, -0.1) is 12.6 Å². The van der Waals surface area contributed by atoms with Gasteiger partial charge in [0, 0.05) is 34.2 Å². The summed E-state index contributed by atoms with van der Waals surface area (Å²) >= 11 is 13.7. The molecular weight excluding hydrogens is 400 g/mol. The highest BCUT2D eigenvalue weighted by Crippen LogP contribution is 2.33. The fourth-order valence-electron chi connectivity index (χ4n) is 2.44. The van der Waals surface area contributed by atoms with E-state index in [4.69, 9.17) is 16.3 Å². The molecule has 0 saturated heterocycles. The Hall–Kier alpha value is -1.50. The standard InChI is InChI=1S/C16H12BrClN2O2S/c1-22-13-4-9(16(21)23)2-8(14(13)18)3-10-6-19-15-12(10)5-11(17)7-20-15/h2,4-7H,3H2,1H3,(H,19,20)(H,21,23). The Kier molecular flexibility index (Phi) is 4.66. The van der Waals surface area contributed by atoms with Crippen molar-refractivity contribution in [2.24, 2.45) is 0 Å². The SMILES string of the molecule is COc1cc(C(=O)S)cc(Cc2c[nH]c3ncc(Br)cc23)c1Cl. The van der Waals surface area contributed by atoms with Gasteiger partial charge in [0.15, 0.2) is 0 Å². The van der Waals surface area contributed by atoms with Crippen molar-refractivity contribution >= 4 is 56.3 Å². The van der Waals surface area contributed by atoms with Gasteiger partial charge in [-0.1, -0.05) is 11.6 Å². The molecular formula is C16H12BrClN2O2S. The summed E-state index contributed by atoms with van der Waals surface area (Å²) < 4.78 is 6.15. The van der Waals surface area contributed by atoms with Gasteiger partial charge in [0.1, 0.15) is 11.4 Å². The highest BCUT2D eigenvalue weighted by molar-refractivity contribution is 9.10. The summed E-state index contributed by atoms with van der Waals surface area (Å²) in [6, 6.07) is 5.33. The predicted octanol–water partition coefficient (Wildman–Crippen LogP) is 4.65. The van der Waals surface area contributed by atoms with Crippen LogP contribution in [-0.2, 0) is 6.42 Å². The number of fused-ring (bicyclic) bond motifs is 1. The van der Waals surface area contributed by atoms with E-state index in [2.05, 4.69) is 38.5 Å². The fraction of sp³-hybridized carbons (Fsp3) is 0.125. The minimum atomic E-state index is -0.329. The van der Waals surface area contributed by atoms with Gasteiger partial charge in [-0.3, -0.25) is 4.79 Å². The van der Waals surface area contributed by atoms with Crippen molar-refractivity contribution in [3.05, 3.63) is 56.8 Å². The molecule has 118 valence electrons. The van der Waals surface area contributed by atoms with Crippen LogP contribution in [0.25, 0.3) is 11.0 Å². The quantitative estimate of drug-likeness (QED) is 0.615. The van der Waals surface area contributed by atoms with Gasteiger partial charge in [-0.25, -0.2) is 4.98 Å². The lowest BCUT2D eigenvalue weighted by Crippen LogP contribution is -1.98. The summed E-state index contributed by atoms with van der Waals surface area (Å²) in [4.78, 5) is 19.0. The first kappa shape index (κ1) is 16.4. The van der Waals surface area contributed by atoms with Crippen molar-refractivity contribution in [3.8, 4) is 5.75 Å². The summed E-state index contributed by atoms with van der Waals surface area (Å²) in [6.07, 6.45) is 4.17. The molecule has 0 aliphatic rings. The lowest BCUT2D eigenvalue weighted by atomic mass is 10.0. The van der Waals surface area contributed by atoms with Gasteiger partial charge in [0.2, 0.25) is 5.12 Å². The third-order valence-electron chi connectivity index (χ3n) is 3.55. The first-order valence-corrected chi connectivity index (χ1v) is 8.32. The van der Waals surface area contributed by atoms with Crippen LogP contribution >= 0.6 is 40.2 Å². The molecule has 0 atom stereocenters. The fourth-order valence-corrected chi connectivity index (χ4v) is 3.15. The van der Waals surface area contributed by atoms with Crippen LogP contribution in [0.15, 0.2) is 35.1 Å². The van der Waals surface area contributed by atoms with E-state index in [9.17, 15) is 4.79 Å². The molecule has 0 saturated carbocycles. The molecule has 23 heavy (non-hydrogen) atoms. The minimum Gasteiger partial charge on any atom is -0.495 e. The Bertz CT molecular complexity index is 910. The predicted molar refractivity (Wildman–Crippen MR) is 97.9 cm³/mol. The second-order valence-corrected chi connectivity index (χ2v) is 6.70. The number of hydrogen-bond donors (Lipinski definition) is 2. The molecule has 2 aromatic heterocycles. The van der Waals surface area contributed by atoms with Crippen molar-refractivity contribution in [1.82, 2.24) is 9.97 Å². The van der Waals surface area contributed by atoms with Gasteiger partial charge < -0.3 is 9.72 Å². The van der Waals surface area contributed by atoms with E-state index in [1.165, 1.54) is 7.11 Å². The lowest BCUT2D eigenvalue weighted by molar-refractivity contribution is 0.109. The number of pyridine rings is 1. The number of halogens is 2. The molecule has 1 N–H and O–H groups in total. The number of methoxy groups -OCH3 is 1. The molecule has 0 fully saturated rings. The second-order valence-electron chi connectivity index (χ2n) is 5.00. The number of carbonyl (C=O) groups is 1. The Balaban J connectivity index is 2.09. The Morgan fingerprint density at radius 2 is 2.17 bits per heavy atom. The molecule has 0 spiro atoms. The van der Waals surface area contributed by atoms with Gasteiger partial charge in [-0.05, 0) is 45.3 Å². The molecule has 3 rings (SSSR count). The summed E-state index contributed by atoms with van der Waals surface area (Å²) in [5, 5.41) is 1.16. The molecule has 0 radical (unpaired) electrons. The van der Waals surface area contributed by atoms with E-state index in [1.807, 2.05) is 12.3 Å². The van der Waals surface area contributed by atoms with Gasteiger partial charge in [0.25, 0.3) is 0 Å². The molecule has 0 amide bonds. The van der Waals surface area contributed by atoms with Crippen molar-refractivity contribution in [1.29, 1.82) is 0 Å². The highest BCUT2D eigenvalue weighted by atomic mass is 79.9. The van der Waals surface area contributed by atoms with Gasteiger partial charge in [0.05, 0.1) is 12.1 Å². The Morgan fingerprint density at radius 1 is 1.39 bits per heavy atom. The normalized spacial score (nSPS) is 11.0. The van der Waals surface area contributed by atoms with Crippen LogP contribution in [0.5, 0.6) is 5.75 Å². The number of benzene rings is 1. The number of aromatic nitrogens is 2. The van der Waals surface area contributed by atoms with Crippen molar-refractivity contribution < 1.29 is 9.53 Å². The van der Waals surface area contributed by atoms with Crippen LogP contribution in [0, 0.1) is 0 Å². The molecule has 0 aliphatic carbocycles. The van der Waals surface area contributed by atoms with E-state index in [-0.39, 0.29) is 5.12 Å². The number of nitrogens with one attached hydrogen (secondary N) is 1. The number of ether oxygens (including phenoxy) is 1. The van der Waals surface area contributed by atoms with Crippen molar-refractivity contribution in [2.45, 2.75) is 6.42 Å². The maximum Gasteiger partial charge on any atom is 0.216 e. The summed E-state index contributed by atoms with van der Waals surface area (Å²) in [7, 11) is 1.52. The van der Waals surface area contributed by atoms with Crippen LogP contribution in [0.1, 0.15) is 21.5 Å². The highest BCUT2D eigenvalue weighted by Gasteiger charge is 2.15. The topological polar surface area (TPSA) is 55.0 Å². The van der Waals surface area contributed by atoms with E-state index >= 15 is 0 Å². The van der Waals surface area contributed by atoms with E-state index < -0.39 is 0 Å². The summed E-state index contributed by atoms with van der Waals surface area (Å²) in [5.41, 5.74) is 3.07. The average molecular weight is 412 g/mol. The van der Waals surface area contributed by atoms with E-state index in [0.29, 0.717) is 22.8 Å². The number of hydrogen-bond acceptors (Lipinski definition) is 3. The zero-order chi connectivity index (χ0) is 16.6. The third kappa shape index (κ3) is 3.24. The molecule has 7 heteroatoms. The minimum absolute atomic E-state index is 0.329. The van der Waals surface area contributed by atoms with E-state index in [0.717, 1.165) is 26.6 Å². The summed E-state index contributed by atoms with van der Waals surface area (Å²) in [5.74, 6) is 0.459. The largest absolute Gasteiger partial charge is 0.495 e. The molecule has 0 bridgehead atoms. The number of thiol groups is 1. The molecule has 2 heterocycles. The van der Waals surface area contributed by atoms with Gasteiger partial charge >= 0.3 is 0 Å². The Morgan fingerprint density at radius 3 is 2.87 bits per heavy atom. The number of rotatable bonds is 4. The number of carbonyl (C=O) groups excluding carboxylic acids is 1. The van der Waals surface area contributed by atoms with Crippen molar-refractivity contribution in [2.75, 3.05) is 7.11 Å². The van der Waals surface area contributed by atoms with Gasteiger partial charge in [-0.2, -0.15) is 0 Å². The second kappa shape index (κ2) is 6.55. The van der Waals surface area contributed by atoms with Crippen LogP contribution < -0.4 is 4.74 Å². The average Bonchev–Trinajstić information content (AvgIpc) is 2.91. The van der Waals surface area contributed by atoms with Crippen LogP contribution in [0.2, 0.25) is 5.02 Å². The zero-order valence-electron chi connectivity index (χ0n) is 12.1. The molecule has 0 unspecified atom stereocenters. The third-order valence-corrected chi connectivity index (χ3v) is 4.67. The molecule has 1 aromatic carbocycles. The molecule has 0 aliphatic heterocycles. The maximum absolute atomic E-state index is 11.6. The van der Waals surface area contributed by atoms with E-state index in [1.54, 1.807) is 18.3 Å². The Labute approximate surface area is 151 Å². The number of nitrogens with zero attached hydrogens (tertiary/aromatic N) is 1.